The Labute approximate surface area is 150 Å². The highest BCUT2D eigenvalue weighted by molar-refractivity contribution is 7.91. The van der Waals surface area contributed by atoms with Crippen LogP contribution in [-0.2, 0) is 14.8 Å². The lowest BCUT2D eigenvalue weighted by Crippen LogP contribution is -2.41. The number of piperidine rings is 1. The molecule has 0 radical (unpaired) electrons. The van der Waals surface area contributed by atoms with E-state index in [2.05, 4.69) is 5.32 Å². The molecule has 0 saturated carbocycles. The number of carbonyl (C=O) groups excluding carboxylic acids is 1. The van der Waals surface area contributed by atoms with Gasteiger partial charge < -0.3 is 5.32 Å². The molecule has 1 fully saturated rings. The lowest BCUT2D eigenvalue weighted by molar-refractivity contribution is -0.120. The van der Waals surface area contributed by atoms with Crippen molar-refractivity contribution in [2.24, 2.45) is 5.92 Å². The molecule has 8 heteroatoms. The topological polar surface area (TPSA) is 66.5 Å². The number of thiophene rings is 1. The Balaban J connectivity index is 1.62. The summed E-state index contributed by atoms with van der Waals surface area (Å²) in [7, 11) is -3.48. The van der Waals surface area contributed by atoms with Crippen LogP contribution in [0.3, 0.4) is 0 Å². The number of hydrogen-bond acceptors (Lipinski definition) is 4. The number of anilines is 1. The maximum atomic E-state index is 13.8. The molecule has 0 bridgehead atoms. The molecule has 1 aromatic heterocycles. The molecule has 134 valence electrons. The van der Waals surface area contributed by atoms with Crippen LogP contribution in [-0.4, -0.2) is 31.7 Å². The molecule has 1 amide bonds. The van der Waals surface area contributed by atoms with Crippen molar-refractivity contribution in [1.29, 1.82) is 0 Å². The number of nitrogens with one attached hydrogen (secondary N) is 1. The zero-order valence-corrected chi connectivity index (χ0v) is 15.4. The van der Waals surface area contributed by atoms with E-state index in [0.717, 1.165) is 5.56 Å². The quantitative estimate of drug-likeness (QED) is 0.883. The maximum Gasteiger partial charge on any atom is 0.252 e. The summed E-state index contributed by atoms with van der Waals surface area (Å²) in [5.74, 6) is -1.07. The Kier molecular flexibility index (Phi) is 5.21. The maximum absolute atomic E-state index is 13.8. The van der Waals surface area contributed by atoms with Gasteiger partial charge in [-0.25, -0.2) is 12.8 Å². The highest BCUT2D eigenvalue weighted by atomic mass is 32.2. The minimum Gasteiger partial charge on any atom is -0.323 e. The SMILES string of the molecule is Cc1ccc(F)c(NC(=O)C2CCN(S(=O)(=O)c3cccs3)CC2)c1. The summed E-state index contributed by atoms with van der Waals surface area (Å²) in [6, 6.07) is 7.83. The number of sulfonamides is 1. The average molecular weight is 382 g/mol. The van der Waals surface area contributed by atoms with Crippen LogP contribution < -0.4 is 5.32 Å². The number of nitrogens with zero attached hydrogens (tertiary/aromatic N) is 1. The van der Waals surface area contributed by atoms with E-state index in [1.54, 1.807) is 29.6 Å². The normalized spacial score (nSPS) is 16.7. The summed E-state index contributed by atoms with van der Waals surface area (Å²) < 4.78 is 40.5. The van der Waals surface area contributed by atoms with Gasteiger partial charge in [-0.3, -0.25) is 4.79 Å². The molecule has 25 heavy (non-hydrogen) atoms. The van der Waals surface area contributed by atoms with Crippen LogP contribution in [0.4, 0.5) is 10.1 Å². The van der Waals surface area contributed by atoms with Gasteiger partial charge in [-0.2, -0.15) is 4.31 Å². The van der Waals surface area contributed by atoms with Gasteiger partial charge in [-0.1, -0.05) is 12.1 Å². The first-order chi connectivity index (χ1) is 11.9. The van der Waals surface area contributed by atoms with E-state index in [1.165, 1.54) is 21.7 Å². The van der Waals surface area contributed by atoms with Gasteiger partial charge in [0, 0.05) is 19.0 Å². The molecule has 0 unspecified atom stereocenters. The van der Waals surface area contributed by atoms with Crippen LogP contribution in [0.1, 0.15) is 18.4 Å². The highest BCUT2D eigenvalue weighted by Crippen LogP contribution is 2.27. The van der Waals surface area contributed by atoms with E-state index < -0.39 is 15.8 Å². The molecule has 1 saturated heterocycles. The fraction of sp³-hybridized carbons (Fsp3) is 0.353. The van der Waals surface area contributed by atoms with Crippen LogP contribution in [0.2, 0.25) is 0 Å². The number of amides is 1. The molecule has 2 heterocycles. The van der Waals surface area contributed by atoms with Crippen LogP contribution in [0, 0.1) is 18.7 Å². The standard InChI is InChI=1S/C17H19FN2O3S2/c1-12-4-5-14(18)15(11-12)19-17(21)13-6-8-20(9-7-13)25(22,23)16-3-2-10-24-16/h2-5,10-11,13H,6-9H2,1H3,(H,19,21). The molecular weight excluding hydrogens is 363 g/mol. The summed E-state index contributed by atoms with van der Waals surface area (Å²) in [6.45, 7) is 2.40. The summed E-state index contributed by atoms with van der Waals surface area (Å²) in [5.41, 5.74) is 1.02. The van der Waals surface area contributed by atoms with Crippen LogP contribution in [0.25, 0.3) is 0 Å². The first kappa shape index (κ1) is 18.0. The van der Waals surface area contributed by atoms with Gasteiger partial charge in [-0.05, 0) is 48.9 Å². The van der Waals surface area contributed by atoms with Crippen LogP contribution in [0.15, 0.2) is 39.9 Å². The van der Waals surface area contributed by atoms with Crippen molar-refractivity contribution in [2.45, 2.75) is 24.0 Å². The van der Waals surface area contributed by atoms with E-state index in [9.17, 15) is 17.6 Å². The second kappa shape index (κ2) is 7.23. The van der Waals surface area contributed by atoms with E-state index in [0.29, 0.717) is 17.1 Å². The Hall–Kier alpha value is -1.77. The molecule has 0 spiro atoms. The van der Waals surface area contributed by atoms with Gasteiger partial charge >= 0.3 is 0 Å². The van der Waals surface area contributed by atoms with Crippen molar-refractivity contribution in [2.75, 3.05) is 18.4 Å². The first-order valence-corrected chi connectivity index (χ1v) is 10.3. The molecule has 1 aliphatic heterocycles. The van der Waals surface area contributed by atoms with Gasteiger partial charge in [0.05, 0.1) is 5.69 Å². The van der Waals surface area contributed by atoms with Crippen LogP contribution in [0.5, 0.6) is 0 Å². The highest BCUT2D eigenvalue weighted by Gasteiger charge is 2.32. The Morgan fingerprint density at radius 1 is 1.28 bits per heavy atom. The van der Waals surface area contributed by atoms with E-state index in [4.69, 9.17) is 0 Å². The zero-order valence-electron chi connectivity index (χ0n) is 13.7. The molecule has 0 atom stereocenters. The largest absolute Gasteiger partial charge is 0.323 e. The molecule has 3 rings (SSSR count). The Bertz CT molecular complexity index is 858. The Morgan fingerprint density at radius 3 is 2.64 bits per heavy atom. The fourth-order valence-corrected chi connectivity index (χ4v) is 5.48. The summed E-state index contributed by atoms with van der Waals surface area (Å²) >= 11 is 1.18. The number of rotatable bonds is 4. The number of carbonyl (C=O) groups is 1. The zero-order chi connectivity index (χ0) is 18.0. The molecule has 0 aliphatic carbocycles. The first-order valence-electron chi connectivity index (χ1n) is 7.98. The van der Waals surface area contributed by atoms with E-state index >= 15 is 0 Å². The number of halogens is 1. The van der Waals surface area contributed by atoms with Gasteiger partial charge in [0.1, 0.15) is 10.0 Å². The van der Waals surface area contributed by atoms with Gasteiger partial charge in [-0.15, -0.1) is 11.3 Å². The smallest absolute Gasteiger partial charge is 0.252 e. The van der Waals surface area contributed by atoms with Gasteiger partial charge in [0.2, 0.25) is 5.91 Å². The Morgan fingerprint density at radius 2 is 2.00 bits per heavy atom. The summed E-state index contributed by atoms with van der Waals surface area (Å²) in [4.78, 5) is 12.4. The van der Waals surface area contributed by atoms with Crippen molar-refractivity contribution in [3.8, 4) is 0 Å². The predicted octanol–water partition coefficient (Wildman–Crippen LogP) is 3.24. The van der Waals surface area contributed by atoms with Crippen molar-refractivity contribution >= 4 is 33.0 Å². The fourth-order valence-electron chi connectivity index (χ4n) is 2.87. The van der Waals surface area contributed by atoms with E-state index in [1.807, 2.05) is 6.92 Å². The van der Waals surface area contributed by atoms with Crippen molar-refractivity contribution in [3.05, 3.63) is 47.1 Å². The van der Waals surface area contributed by atoms with Gasteiger partial charge in [0.25, 0.3) is 10.0 Å². The van der Waals surface area contributed by atoms with Crippen LogP contribution >= 0.6 is 11.3 Å². The van der Waals surface area contributed by atoms with Crippen molar-refractivity contribution in [3.63, 3.8) is 0 Å². The second-order valence-corrected chi connectivity index (χ2v) is 9.20. The molecule has 2 aromatic rings. The lowest BCUT2D eigenvalue weighted by Gasteiger charge is -2.30. The average Bonchev–Trinajstić information content (AvgIpc) is 3.13. The third kappa shape index (κ3) is 3.91. The monoisotopic (exact) mass is 382 g/mol. The summed E-state index contributed by atoms with van der Waals surface area (Å²) in [5, 5.41) is 4.35. The molecule has 1 aromatic carbocycles. The number of aryl methyl sites for hydroxylation is 1. The minimum absolute atomic E-state index is 0.165. The predicted molar refractivity (Wildman–Crippen MR) is 95.6 cm³/mol. The minimum atomic E-state index is -3.48. The van der Waals surface area contributed by atoms with Crippen molar-refractivity contribution < 1.29 is 17.6 Å². The molecule has 1 N–H and O–H groups in total. The number of hydrogen-bond donors (Lipinski definition) is 1. The van der Waals surface area contributed by atoms with Gasteiger partial charge in [0.15, 0.2) is 0 Å². The summed E-state index contributed by atoms with van der Waals surface area (Å²) in [6.07, 6.45) is 0.841. The molecule has 5 nitrogen and oxygen atoms in total. The number of benzene rings is 1. The molecular formula is C17H19FN2O3S2. The third-order valence-electron chi connectivity index (χ3n) is 4.29. The van der Waals surface area contributed by atoms with Crippen molar-refractivity contribution in [1.82, 2.24) is 4.31 Å². The van der Waals surface area contributed by atoms with E-state index in [-0.39, 0.29) is 30.6 Å². The molecule has 1 aliphatic rings. The lowest BCUT2D eigenvalue weighted by atomic mass is 9.97. The third-order valence-corrected chi connectivity index (χ3v) is 7.57. The second-order valence-electron chi connectivity index (χ2n) is 6.08.